The van der Waals surface area contributed by atoms with Crippen molar-refractivity contribution in [2.45, 2.75) is 39.7 Å². The highest BCUT2D eigenvalue weighted by Gasteiger charge is 2.06. The van der Waals surface area contributed by atoms with Crippen LogP contribution in [0.1, 0.15) is 43.9 Å². The van der Waals surface area contributed by atoms with Gasteiger partial charge in [0.1, 0.15) is 5.82 Å². The second kappa shape index (κ2) is 5.86. The average molecular weight is 209 g/mol. The highest BCUT2D eigenvalue weighted by molar-refractivity contribution is 5.25. The summed E-state index contributed by atoms with van der Waals surface area (Å²) in [5.41, 5.74) is 1.73. The minimum atomic E-state index is -0.114. The molecule has 0 bridgehead atoms. The third-order valence-corrected chi connectivity index (χ3v) is 2.68. The Hall–Kier alpha value is -0.890. The molecule has 0 amide bonds. The number of aryl methyl sites for hydroxylation is 1. The van der Waals surface area contributed by atoms with E-state index in [1.807, 2.05) is 12.1 Å². The van der Waals surface area contributed by atoms with Gasteiger partial charge < -0.3 is 5.32 Å². The van der Waals surface area contributed by atoms with Crippen molar-refractivity contribution in [2.75, 3.05) is 6.54 Å². The summed E-state index contributed by atoms with van der Waals surface area (Å²) in [6.45, 7) is 7.01. The molecule has 1 aromatic carbocycles. The molecule has 15 heavy (non-hydrogen) atoms. The molecule has 0 heterocycles. The number of halogens is 1. The van der Waals surface area contributed by atoms with Crippen molar-refractivity contribution in [3.8, 4) is 0 Å². The minimum absolute atomic E-state index is 0.114. The van der Waals surface area contributed by atoms with E-state index in [0.717, 1.165) is 12.1 Å². The second-order valence-corrected chi connectivity index (χ2v) is 4.04. The summed E-state index contributed by atoms with van der Waals surface area (Å²) in [6, 6.07) is 5.68. The van der Waals surface area contributed by atoms with Crippen LogP contribution in [0, 0.1) is 12.7 Å². The Morgan fingerprint density at radius 2 is 2.13 bits per heavy atom. The fourth-order valence-corrected chi connectivity index (χ4v) is 1.49. The Morgan fingerprint density at radius 3 is 2.73 bits per heavy atom. The number of nitrogens with one attached hydrogen (secondary N) is 1. The molecule has 0 aliphatic rings. The molecule has 0 spiro atoms. The maximum atomic E-state index is 13.3. The number of hydrogen-bond acceptors (Lipinski definition) is 1. The molecular weight excluding hydrogens is 189 g/mol. The Kier molecular flexibility index (Phi) is 4.76. The van der Waals surface area contributed by atoms with Gasteiger partial charge in [-0.25, -0.2) is 4.39 Å². The summed E-state index contributed by atoms with van der Waals surface area (Å²) in [7, 11) is 0. The molecule has 1 atom stereocenters. The molecule has 1 N–H and O–H groups in total. The van der Waals surface area contributed by atoms with Gasteiger partial charge in [-0.05, 0) is 44.0 Å². The third kappa shape index (κ3) is 3.63. The van der Waals surface area contributed by atoms with E-state index in [4.69, 9.17) is 0 Å². The van der Waals surface area contributed by atoms with Crippen LogP contribution < -0.4 is 5.32 Å². The van der Waals surface area contributed by atoms with Gasteiger partial charge in [-0.2, -0.15) is 0 Å². The van der Waals surface area contributed by atoms with E-state index in [9.17, 15) is 4.39 Å². The molecule has 0 saturated carbocycles. The van der Waals surface area contributed by atoms with Gasteiger partial charge in [0.25, 0.3) is 0 Å². The van der Waals surface area contributed by atoms with Gasteiger partial charge in [0.15, 0.2) is 0 Å². The standard InChI is InChI=1S/C13H20FN/c1-4-5-8-15-11(3)12-7-6-10(2)13(14)9-12/h6-7,9,11,15H,4-5,8H2,1-3H3. The van der Waals surface area contributed by atoms with E-state index < -0.39 is 0 Å². The molecule has 84 valence electrons. The predicted molar refractivity (Wildman–Crippen MR) is 62.5 cm³/mol. The molecule has 1 rings (SSSR count). The van der Waals surface area contributed by atoms with Gasteiger partial charge in [0.2, 0.25) is 0 Å². The van der Waals surface area contributed by atoms with Gasteiger partial charge in [-0.1, -0.05) is 25.5 Å². The normalized spacial score (nSPS) is 12.8. The SMILES string of the molecule is CCCCNC(C)c1ccc(C)c(F)c1. The van der Waals surface area contributed by atoms with Crippen molar-refractivity contribution in [3.05, 3.63) is 35.1 Å². The molecule has 0 saturated heterocycles. The summed E-state index contributed by atoms with van der Waals surface area (Å²) in [5, 5.41) is 3.38. The first-order chi connectivity index (χ1) is 7.15. The lowest BCUT2D eigenvalue weighted by Crippen LogP contribution is -2.19. The topological polar surface area (TPSA) is 12.0 Å². The zero-order valence-electron chi connectivity index (χ0n) is 9.81. The lowest BCUT2D eigenvalue weighted by atomic mass is 10.1. The molecule has 0 radical (unpaired) electrons. The monoisotopic (exact) mass is 209 g/mol. The molecule has 0 aromatic heterocycles. The summed E-state index contributed by atoms with van der Waals surface area (Å²) in [4.78, 5) is 0. The van der Waals surface area contributed by atoms with Gasteiger partial charge in [0, 0.05) is 6.04 Å². The highest BCUT2D eigenvalue weighted by atomic mass is 19.1. The van der Waals surface area contributed by atoms with Gasteiger partial charge in [-0.15, -0.1) is 0 Å². The number of benzene rings is 1. The number of hydrogen-bond donors (Lipinski definition) is 1. The quantitative estimate of drug-likeness (QED) is 0.731. The van der Waals surface area contributed by atoms with E-state index >= 15 is 0 Å². The van der Waals surface area contributed by atoms with E-state index in [0.29, 0.717) is 5.56 Å². The van der Waals surface area contributed by atoms with Crippen molar-refractivity contribution in [1.29, 1.82) is 0 Å². The molecule has 0 fully saturated rings. The zero-order chi connectivity index (χ0) is 11.3. The summed E-state index contributed by atoms with van der Waals surface area (Å²) < 4.78 is 13.3. The van der Waals surface area contributed by atoms with E-state index in [2.05, 4.69) is 19.2 Å². The first-order valence-electron chi connectivity index (χ1n) is 5.64. The molecule has 2 heteroatoms. The van der Waals surface area contributed by atoms with Crippen LogP contribution in [0.25, 0.3) is 0 Å². The van der Waals surface area contributed by atoms with Crippen LogP contribution in [-0.2, 0) is 0 Å². The number of unbranched alkanes of at least 4 members (excludes halogenated alkanes) is 1. The third-order valence-electron chi connectivity index (χ3n) is 2.68. The maximum Gasteiger partial charge on any atom is 0.126 e. The Morgan fingerprint density at radius 1 is 1.40 bits per heavy atom. The Labute approximate surface area is 91.7 Å². The highest BCUT2D eigenvalue weighted by Crippen LogP contribution is 2.16. The molecule has 0 aliphatic heterocycles. The zero-order valence-corrected chi connectivity index (χ0v) is 9.81. The van der Waals surface area contributed by atoms with Crippen molar-refractivity contribution < 1.29 is 4.39 Å². The molecular formula is C13H20FN. The maximum absolute atomic E-state index is 13.3. The van der Waals surface area contributed by atoms with Crippen LogP contribution in [0.15, 0.2) is 18.2 Å². The van der Waals surface area contributed by atoms with Crippen molar-refractivity contribution in [1.82, 2.24) is 5.32 Å². The lowest BCUT2D eigenvalue weighted by molar-refractivity contribution is 0.547. The van der Waals surface area contributed by atoms with Crippen LogP contribution in [0.5, 0.6) is 0 Å². The summed E-state index contributed by atoms with van der Waals surface area (Å²) in [6.07, 6.45) is 2.35. The fourth-order valence-electron chi connectivity index (χ4n) is 1.49. The van der Waals surface area contributed by atoms with Crippen molar-refractivity contribution in [3.63, 3.8) is 0 Å². The molecule has 0 aliphatic carbocycles. The largest absolute Gasteiger partial charge is 0.310 e. The fraction of sp³-hybridized carbons (Fsp3) is 0.538. The molecule has 1 aromatic rings. The van der Waals surface area contributed by atoms with E-state index in [1.54, 1.807) is 13.0 Å². The van der Waals surface area contributed by atoms with Crippen LogP contribution >= 0.6 is 0 Å². The first kappa shape index (κ1) is 12.2. The van der Waals surface area contributed by atoms with Gasteiger partial charge in [-0.3, -0.25) is 0 Å². The van der Waals surface area contributed by atoms with Crippen molar-refractivity contribution >= 4 is 0 Å². The van der Waals surface area contributed by atoms with Crippen molar-refractivity contribution in [2.24, 2.45) is 0 Å². The molecule has 1 nitrogen and oxygen atoms in total. The molecule has 1 unspecified atom stereocenters. The van der Waals surface area contributed by atoms with E-state index in [1.165, 1.54) is 12.8 Å². The number of rotatable bonds is 5. The predicted octanol–water partition coefficient (Wildman–Crippen LogP) is 3.58. The minimum Gasteiger partial charge on any atom is -0.310 e. The summed E-state index contributed by atoms with van der Waals surface area (Å²) in [5.74, 6) is -0.114. The van der Waals surface area contributed by atoms with Gasteiger partial charge in [0.05, 0.1) is 0 Å². The Bertz CT molecular complexity index is 309. The van der Waals surface area contributed by atoms with Crippen LogP contribution in [-0.4, -0.2) is 6.54 Å². The van der Waals surface area contributed by atoms with Crippen LogP contribution in [0.4, 0.5) is 4.39 Å². The second-order valence-electron chi connectivity index (χ2n) is 4.04. The van der Waals surface area contributed by atoms with E-state index in [-0.39, 0.29) is 11.9 Å². The smallest absolute Gasteiger partial charge is 0.126 e. The summed E-state index contributed by atoms with van der Waals surface area (Å²) >= 11 is 0. The first-order valence-corrected chi connectivity index (χ1v) is 5.64. The van der Waals surface area contributed by atoms with Gasteiger partial charge >= 0.3 is 0 Å². The lowest BCUT2D eigenvalue weighted by Gasteiger charge is -2.14. The Balaban J connectivity index is 2.57. The average Bonchev–Trinajstić information content (AvgIpc) is 2.22. The van der Waals surface area contributed by atoms with Crippen LogP contribution in [0.3, 0.4) is 0 Å². The van der Waals surface area contributed by atoms with Crippen LogP contribution in [0.2, 0.25) is 0 Å².